The summed E-state index contributed by atoms with van der Waals surface area (Å²) >= 11 is 0. The molecule has 160 valence electrons. The lowest BCUT2D eigenvalue weighted by Gasteiger charge is -2.31. The molecule has 0 atom stereocenters. The summed E-state index contributed by atoms with van der Waals surface area (Å²) in [6, 6.07) is 7.80. The number of guanidine groups is 1. The van der Waals surface area contributed by atoms with Crippen LogP contribution in [0.5, 0.6) is 0 Å². The minimum atomic E-state index is -3.13. The summed E-state index contributed by atoms with van der Waals surface area (Å²) in [5.41, 5.74) is 1.10. The maximum absolute atomic E-state index is 11.5. The number of halogens is 1. The highest BCUT2D eigenvalue weighted by Crippen LogP contribution is 2.21. The van der Waals surface area contributed by atoms with Gasteiger partial charge in [-0.2, -0.15) is 0 Å². The average molecular weight is 522 g/mol. The number of rotatable bonds is 8. The second kappa shape index (κ2) is 12.6. The molecular formula is C20H35IN4O2S. The first kappa shape index (κ1) is 25.2. The molecule has 1 saturated carbocycles. The summed E-state index contributed by atoms with van der Waals surface area (Å²) in [5, 5.41) is 6.69. The minimum Gasteiger partial charge on any atom is -0.356 e. The van der Waals surface area contributed by atoms with E-state index >= 15 is 0 Å². The SMILES string of the molecule is CN=C(NCCc1ccc(S(C)(=O)=O)cc1)NCCN(C)C1CCCCC1.I. The smallest absolute Gasteiger partial charge is 0.191 e. The Morgan fingerprint density at radius 2 is 1.71 bits per heavy atom. The van der Waals surface area contributed by atoms with Crippen LogP contribution in [0.1, 0.15) is 37.7 Å². The predicted molar refractivity (Wildman–Crippen MR) is 128 cm³/mol. The molecule has 1 fully saturated rings. The van der Waals surface area contributed by atoms with Gasteiger partial charge >= 0.3 is 0 Å². The fourth-order valence-corrected chi connectivity index (χ4v) is 4.13. The molecule has 1 aliphatic carbocycles. The van der Waals surface area contributed by atoms with Crippen LogP contribution in [-0.4, -0.2) is 65.3 Å². The van der Waals surface area contributed by atoms with Crippen molar-refractivity contribution in [3.63, 3.8) is 0 Å². The Morgan fingerprint density at radius 1 is 1.11 bits per heavy atom. The Morgan fingerprint density at radius 3 is 2.29 bits per heavy atom. The molecule has 0 aromatic heterocycles. The average Bonchev–Trinajstić information content (AvgIpc) is 2.67. The third-order valence-electron chi connectivity index (χ3n) is 5.24. The summed E-state index contributed by atoms with van der Waals surface area (Å²) in [5.74, 6) is 0.805. The fourth-order valence-electron chi connectivity index (χ4n) is 3.50. The summed E-state index contributed by atoms with van der Waals surface area (Å²) in [7, 11) is 0.863. The van der Waals surface area contributed by atoms with E-state index in [4.69, 9.17) is 0 Å². The van der Waals surface area contributed by atoms with Gasteiger partial charge in [-0.25, -0.2) is 8.42 Å². The van der Waals surface area contributed by atoms with E-state index in [1.807, 2.05) is 12.1 Å². The number of likely N-dealkylation sites (N-methyl/N-ethyl adjacent to an activating group) is 1. The van der Waals surface area contributed by atoms with E-state index in [-0.39, 0.29) is 24.0 Å². The van der Waals surface area contributed by atoms with Crippen LogP contribution >= 0.6 is 24.0 Å². The molecule has 1 aromatic carbocycles. The first-order valence-electron chi connectivity index (χ1n) is 9.84. The van der Waals surface area contributed by atoms with Gasteiger partial charge in [-0.15, -0.1) is 24.0 Å². The van der Waals surface area contributed by atoms with E-state index in [1.54, 1.807) is 19.2 Å². The number of aliphatic imine (C=N–C) groups is 1. The van der Waals surface area contributed by atoms with Crippen molar-refractivity contribution in [1.82, 2.24) is 15.5 Å². The van der Waals surface area contributed by atoms with Crippen LogP contribution in [0.15, 0.2) is 34.2 Å². The Balaban J connectivity index is 0.00000392. The van der Waals surface area contributed by atoms with Gasteiger partial charge in [0.1, 0.15) is 0 Å². The Kier molecular flexibility index (Phi) is 11.4. The molecule has 0 spiro atoms. The van der Waals surface area contributed by atoms with E-state index < -0.39 is 9.84 Å². The molecule has 1 aromatic rings. The molecule has 2 N–H and O–H groups in total. The van der Waals surface area contributed by atoms with E-state index in [0.717, 1.165) is 43.6 Å². The van der Waals surface area contributed by atoms with Gasteiger partial charge in [-0.3, -0.25) is 4.99 Å². The highest BCUT2D eigenvalue weighted by Gasteiger charge is 2.17. The molecule has 1 aliphatic rings. The summed E-state index contributed by atoms with van der Waals surface area (Å²) in [6.45, 7) is 2.63. The molecule has 8 heteroatoms. The van der Waals surface area contributed by atoms with Gasteiger partial charge in [0.25, 0.3) is 0 Å². The van der Waals surface area contributed by atoms with Crippen LogP contribution in [0.3, 0.4) is 0 Å². The monoisotopic (exact) mass is 522 g/mol. The lowest BCUT2D eigenvalue weighted by atomic mass is 9.94. The second-order valence-corrected chi connectivity index (χ2v) is 9.38. The Labute approximate surface area is 187 Å². The quantitative estimate of drug-likeness (QED) is 0.312. The second-order valence-electron chi connectivity index (χ2n) is 7.36. The van der Waals surface area contributed by atoms with Crippen molar-refractivity contribution < 1.29 is 8.42 Å². The molecule has 0 amide bonds. The fraction of sp³-hybridized carbons (Fsp3) is 0.650. The Hall–Kier alpha value is -0.870. The lowest BCUT2D eigenvalue weighted by molar-refractivity contribution is 0.194. The van der Waals surface area contributed by atoms with Crippen molar-refractivity contribution >= 4 is 39.8 Å². The van der Waals surface area contributed by atoms with Gasteiger partial charge in [0.15, 0.2) is 15.8 Å². The maximum atomic E-state index is 11.5. The van der Waals surface area contributed by atoms with Crippen LogP contribution in [-0.2, 0) is 16.3 Å². The number of nitrogens with one attached hydrogen (secondary N) is 2. The van der Waals surface area contributed by atoms with E-state index in [2.05, 4.69) is 27.6 Å². The van der Waals surface area contributed by atoms with E-state index in [9.17, 15) is 8.42 Å². The lowest BCUT2D eigenvalue weighted by Crippen LogP contribution is -2.43. The molecule has 0 heterocycles. The van der Waals surface area contributed by atoms with Crippen molar-refractivity contribution in [1.29, 1.82) is 0 Å². The zero-order chi connectivity index (χ0) is 19.7. The third kappa shape index (κ3) is 8.65. The topological polar surface area (TPSA) is 73.8 Å². The standard InChI is InChI=1S/C20H34N4O2S.HI/c1-21-20(23-15-16-24(2)18-7-5-4-6-8-18)22-14-13-17-9-11-19(12-10-17)27(3,25)26;/h9-12,18H,4-8,13-16H2,1-3H3,(H2,21,22,23);1H. The molecule has 0 unspecified atom stereocenters. The highest BCUT2D eigenvalue weighted by molar-refractivity contribution is 14.0. The van der Waals surface area contributed by atoms with Crippen molar-refractivity contribution in [2.75, 3.05) is 40.0 Å². The van der Waals surface area contributed by atoms with E-state index in [0.29, 0.717) is 4.90 Å². The predicted octanol–water partition coefficient (Wildman–Crippen LogP) is 2.68. The minimum absolute atomic E-state index is 0. The van der Waals surface area contributed by atoms with Crippen molar-refractivity contribution in [2.24, 2.45) is 4.99 Å². The van der Waals surface area contributed by atoms with Crippen molar-refractivity contribution in [3.05, 3.63) is 29.8 Å². The summed E-state index contributed by atoms with van der Waals surface area (Å²) < 4.78 is 23.0. The van der Waals surface area contributed by atoms with Crippen molar-refractivity contribution in [2.45, 2.75) is 49.5 Å². The van der Waals surface area contributed by atoms with Gasteiger partial charge in [-0.1, -0.05) is 31.4 Å². The maximum Gasteiger partial charge on any atom is 0.191 e. The normalized spacial score (nSPS) is 15.9. The molecular weight excluding hydrogens is 487 g/mol. The zero-order valence-electron chi connectivity index (χ0n) is 17.3. The van der Waals surface area contributed by atoms with Crippen LogP contribution in [0.25, 0.3) is 0 Å². The van der Waals surface area contributed by atoms with Gasteiger partial charge in [-0.05, 0) is 44.0 Å². The number of benzene rings is 1. The van der Waals surface area contributed by atoms with Gasteiger partial charge < -0.3 is 15.5 Å². The zero-order valence-corrected chi connectivity index (χ0v) is 20.4. The largest absolute Gasteiger partial charge is 0.356 e. The van der Waals surface area contributed by atoms with Crippen molar-refractivity contribution in [3.8, 4) is 0 Å². The van der Waals surface area contributed by atoms with Gasteiger partial charge in [0.2, 0.25) is 0 Å². The first-order chi connectivity index (χ1) is 12.9. The summed E-state index contributed by atoms with van der Waals surface area (Å²) in [6.07, 6.45) is 8.78. The number of nitrogens with zero attached hydrogens (tertiary/aromatic N) is 2. The Bertz CT molecular complexity index is 701. The van der Waals surface area contributed by atoms with Gasteiger partial charge in [0, 0.05) is 39.0 Å². The molecule has 0 saturated heterocycles. The molecule has 0 bridgehead atoms. The van der Waals surface area contributed by atoms with Crippen LogP contribution in [0.4, 0.5) is 0 Å². The number of hydrogen-bond acceptors (Lipinski definition) is 4. The first-order valence-corrected chi connectivity index (χ1v) is 11.7. The molecule has 28 heavy (non-hydrogen) atoms. The number of sulfone groups is 1. The molecule has 0 aliphatic heterocycles. The van der Waals surface area contributed by atoms with Gasteiger partial charge in [0.05, 0.1) is 4.90 Å². The van der Waals surface area contributed by atoms with Crippen LogP contribution in [0.2, 0.25) is 0 Å². The van der Waals surface area contributed by atoms with Crippen LogP contribution in [0, 0.1) is 0 Å². The van der Waals surface area contributed by atoms with Crippen LogP contribution < -0.4 is 10.6 Å². The highest BCUT2D eigenvalue weighted by atomic mass is 127. The summed E-state index contributed by atoms with van der Waals surface area (Å²) in [4.78, 5) is 7.09. The third-order valence-corrected chi connectivity index (χ3v) is 6.36. The van der Waals surface area contributed by atoms with E-state index in [1.165, 1.54) is 38.4 Å². The molecule has 2 rings (SSSR count). The number of hydrogen-bond donors (Lipinski definition) is 2. The molecule has 0 radical (unpaired) electrons. The molecule has 6 nitrogen and oxygen atoms in total.